The first-order valence-electron chi connectivity index (χ1n) is 20.7. The van der Waals surface area contributed by atoms with Gasteiger partial charge in [-0.05, 0) is 111 Å². The minimum atomic E-state index is 0.899. The molecule has 0 radical (unpaired) electrons. The number of nitrogens with zero attached hydrogens (tertiary/aromatic N) is 1. The molecule has 2 aromatic heterocycles. The number of hydrogen-bond donors (Lipinski definition) is 0. The summed E-state index contributed by atoms with van der Waals surface area (Å²) in [5.74, 6) is 0. The molecule has 0 spiro atoms. The summed E-state index contributed by atoms with van der Waals surface area (Å²) in [6.07, 6.45) is 0. The van der Waals surface area contributed by atoms with Gasteiger partial charge in [0.25, 0.3) is 0 Å². The second-order valence-electron chi connectivity index (χ2n) is 15.6. The minimum absolute atomic E-state index is 0.899. The highest BCUT2D eigenvalue weighted by molar-refractivity contribution is 7.26. The monoisotopic (exact) mass is 795 g/mol. The molecule has 0 aliphatic carbocycles. The maximum atomic E-state index is 6.55. The Labute approximate surface area is 357 Å². The molecule has 0 amide bonds. The summed E-state index contributed by atoms with van der Waals surface area (Å²) in [5, 5.41) is 7.22. The Hall–Kier alpha value is -7.72. The molecule has 0 aliphatic heterocycles. The van der Waals surface area contributed by atoms with E-state index in [2.05, 4.69) is 229 Å². The lowest BCUT2D eigenvalue weighted by molar-refractivity contribution is 0.673. The number of hydrogen-bond acceptors (Lipinski definition) is 3. The molecule has 0 atom stereocenters. The Balaban J connectivity index is 0.945. The van der Waals surface area contributed by atoms with Crippen molar-refractivity contribution in [2.45, 2.75) is 0 Å². The summed E-state index contributed by atoms with van der Waals surface area (Å²) in [5.41, 5.74) is 14.7. The van der Waals surface area contributed by atoms with Crippen LogP contribution in [0, 0.1) is 0 Å². The standard InChI is InChI=1S/C58H37NOS/c1-2-11-38(12-3-1)43-14-8-15-44(37-43)39-23-30-45(31-24-39)59(47-34-27-42(28-35-47)50-19-9-20-52-51-17-6-7-22-55(51)61-58(50)52)46-32-25-41(26-33-46)48-18-10-21-54-56(48)53-36-29-40-13-4-5-16-49(40)57(53)60-54/h1-37H. The third kappa shape index (κ3) is 6.09. The van der Waals surface area contributed by atoms with Crippen LogP contribution in [-0.2, 0) is 0 Å². The van der Waals surface area contributed by atoms with E-state index in [0.29, 0.717) is 0 Å². The molecule has 2 heterocycles. The van der Waals surface area contributed by atoms with Crippen LogP contribution >= 0.6 is 11.3 Å². The SMILES string of the molecule is c1ccc(-c2cccc(-c3ccc(N(c4ccc(-c5cccc6c5sc5ccccc56)cc4)c4ccc(-c5cccc6oc7c8ccccc8ccc7c56)cc4)cc3)c2)cc1. The van der Waals surface area contributed by atoms with Crippen LogP contribution < -0.4 is 4.90 Å². The summed E-state index contributed by atoms with van der Waals surface area (Å²) >= 11 is 1.87. The largest absolute Gasteiger partial charge is 0.455 e. The second-order valence-corrected chi connectivity index (χ2v) is 16.7. The first kappa shape index (κ1) is 35.2. The van der Waals surface area contributed by atoms with Gasteiger partial charge in [0, 0.05) is 53.4 Å². The van der Waals surface area contributed by atoms with Crippen LogP contribution in [0.3, 0.4) is 0 Å². The molecule has 10 aromatic carbocycles. The Morgan fingerprint density at radius 2 is 0.885 bits per heavy atom. The van der Waals surface area contributed by atoms with E-state index in [4.69, 9.17) is 4.42 Å². The fraction of sp³-hybridized carbons (Fsp3) is 0. The summed E-state index contributed by atoms with van der Waals surface area (Å²) in [7, 11) is 0. The van der Waals surface area contributed by atoms with Crippen molar-refractivity contribution >= 4 is 81.3 Å². The van der Waals surface area contributed by atoms with Gasteiger partial charge < -0.3 is 9.32 Å². The van der Waals surface area contributed by atoms with E-state index in [0.717, 1.165) is 55.5 Å². The zero-order valence-electron chi connectivity index (χ0n) is 33.1. The smallest absolute Gasteiger partial charge is 0.143 e. The van der Waals surface area contributed by atoms with Crippen LogP contribution in [0.5, 0.6) is 0 Å². The molecule has 0 fully saturated rings. The van der Waals surface area contributed by atoms with Crippen LogP contribution in [0.4, 0.5) is 17.1 Å². The van der Waals surface area contributed by atoms with E-state index in [1.54, 1.807) is 0 Å². The fourth-order valence-electron chi connectivity index (χ4n) is 9.11. The molecule has 12 aromatic rings. The van der Waals surface area contributed by atoms with Crippen molar-refractivity contribution in [2.75, 3.05) is 4.90 Å². The van der Waals surface area contributed by atoms with Gasteiger partial charge in [-0.3, -0.25) is 0 Å². The molecular formula is C58H37NOS. The van der Waals surface area contributed by atoms with Crippen LogP contribution in [0.2, 0.25) is 0 Å². The summed E-state index contributed by atoms with van der Waals surface area (Å²) in [6.45, 7) is 0. The fourth-order valence-corrected chi connectivity index (χ4v) is 10.3. The van der Waals surface area contributed by atoms with E-state index >= 15 is 0 Å². The van der Waals surface area contributed by atoms with Gasteiger partial charge >= 0.3 is 0 Å². The average molecular weight is 796 g/mol. The van der Waals surface area contributed by atoms with E-state index < -0.39 is 0 Å². The molecule has 2 nitrogen and oxygen atoms in total. The zero-order chi connectivity index (χ0) is 40.3. The molecule has 0 aliphatic rings. The molecule has 61 heavy (non-hydrogen) atoms. The molecule has 0 N–H and O–H groups in total. The lowest BCUT2D eigenvalue weighted by atomic mass is 9.97. The van der Waals surface area contributed by atoms with Crippen molar-refractivity contribution in [3.8, 4) is 44.5 Å². The van der Waals surface area contributed by atoms with E-state index in [9.17, 15) is 0 Å². The Morgan fingerprint density at radius 1 is 0.344 bits per heavy atom. The Morgan fingerprint density at radius 3 is 1.62 bits per heavy atom. The number of benzene rings is 10. The van der Waals surface area contributed by atoms with Crippen molar-refractivity contribution in [1.29, 1.82) is 0 Å². The highest BCUT2D eigenvalue weighted by Gasteiger charge is 2.18. The van der Waals surface area contributed by atoms with Crippen molar-refractivity contribution < 1.29 is 4.42 Å². The van der Waals surface area contributed by atoms with Gasteiger partial charge in [-0.1, -0.05) is 164 Å². The number of fused-ring (bicyclic) bond motifs is 8. The summed E-state index contributed by atoms with van der Waals surface area (Å²) < 4.78 is 9.19. The van der Waals surface area contributed by atoms with Crippen LogP contribution in [-0.4, -0.2) is 0 Å². The molecule has 0 saturated heterocycles. The van der Waals surface area contributed by atoms with E-state index in [1.807, 2.05) is 11.3 Å². The molecule has 286 valence electrons. The van der Waals surface area contributed by atoms with Gasteiger partial charge in [0.05, 0.1) is 0 Å². The van der Waals surface area contributed by atoms with Gasteiger partial charge in [-0.2, -0.15) is 0 Å². The lowest BCUT2D eigenvalue weighted by Gasteiger charge is -2.26. The Bertz CT molecular complexity index is 3560. The molecule has 3 heteroatoms. The van der Waals surface area contributed by atoms with Crippen LogP contribution in [0.15, 0.2) is 229 Å². The topological polar surface area (TPSA) is 16.4 Å². The third-order valence-corrected chi connectivity index (χ3v) is 13.3. The zero-order valence-corrected chi connectivity index (χ0v) is 33.9. The van der Waals surface area contributed by atoms with Gasteiger partial charge in [0.15, 0.2) is 0 Å². The maximum Gasteiger partial charge on any atom is 0.143 e. The molecule has 0 saturated carbocycles. The first-order chi connectivity index (χ1) is 30.2. The first-order valence-corrected chi connectivity index (χ1v) is 21.6. The number of anilines is 3. The Kier molecular flexibility index (Phi) is 8.39. The quantitative estimate of drug-likeness (QED) is 0.160. The summed E-state index contributed by atoms with van der Waals surface area (Å²) in [4.78, 5) is 2.36. The van der Waals surface area contributed by atoms with Crippen LogP contribution in [0.1, 0.15) is 0 Å². The molecule has 0 bridgehead atoms. The molecule has 0 unspecified atom stereocenters. The van der Waals surface area contributed by atoms with Gasteiger partial charge in [0.1, 0.15) is 11.2 Å². The van der Waals surface area contributed by atoms with Crippen molar-refractivity contribution in [3.05, 3.63) is 224 Å². The van der Waals surface area contributed by atoms with Crippen molar-refractivity contribution in [3.63, 3.8) is 0 Å². The highest BCUT2D eigenvalue weighted by Crippen LogP contribution is 2.44. The number of rotatable bonds is 7. The maximum absolute atomic E-state index is 6.55. The van der Waals surface area contributed by atoms with Gasteiger partial charge in [-0.25, -0.2) is 0 Å². The highest BCUT2D eigenvalue weighted by atomic mass is 32.1. The third-order valence-electron chi connectivity index (χ3n) is 12.1. The van der Waals surface area contributed by atoms with Crippen molar-refractivity contribution in [1.82, 2.24) is 0 Å². The van der Waals surface area contributed by atoms with Gasteiger partial charge in [-0.15, -0.1) is 11.3 Å². The minimum Gasteiger partial charge on any atom is -0.455 e. The van der Waals surface area contributed by atoms with Crippen LogP contribution in [0.25, 0.3) is 97.4 Å². The van der Waals surface area contributed by atoms with Gasteiger partial charge in [0.2, 0.25) is 0 Å². The number of thiophene rings is 1. The second kappa shape index (κ2) is 14.5. The predicted molar refractivity (Wildman–Crippen MR) is 261 cm³/mol. The normalized spacial score (nSPS) is 11.6. The van der Waals surface area contributed by atoms with E-state index in [1.165, 1.54) is 58.9 Å². The summed E-state index contributed by atoms with van der Waals surface area (Å²) in [6, 6.07) is 81.0. The molecular weight excluding hydrogens is 759 g/mol. The van der Waals surface area contributed by atoms with E-state index in [-0.39, 0.29) is 0 Å². The lowest BCUT2D eigenvalue weighted by Crippen LogP contribution is -2.09. The number of furan rings is 1. The molecule has 12 rings (SSSR count). The average Bonchev–Trinajstić information content (AvgIpc) is 3.92. The van der Waals surface area contributed by atoms with Crippen molar-refractivity contribution in [2.24, 2.45) is 0 Å². The predicted octanol–water partition coefficient (Wildman–Crippen LogP) is 17.2.